The van der Waals surface area contributed by atoms with Crippen molar-refractivity contribution in [1.29, 1.82) is 0 Å². The molecule has 1 atom stereocenters. The van der Waals surface area contributed by atoms with Gasteiger partial charge in [-0.3, -0.25) is 10.2 Å². The highest BCUT2D eigenvalue weighted by Gasteiger charge is 2.29. The number of carbonyl (C=O) groups excluding carboxylic acids is 1. The van der Waals surface area contributed by atoms with Gasteiger partial charge in [-0.25, -0.2) is 30.5 Å². The summed E-state index contributed by atoms with van der Waals surface area (Å²) in [6.07, 6.45) is 5.30. The van der Waals surface area contributed by atoms with Crippen LogP contribution in [0.2, 0.25) is 5.02 Å². The molecule has 176 valence electrons. The number of hydrazine groups is 1. The standard InChI is InChI=1S/C18H23ClFN5O5S2/c1-24-9-16(21-11-24)13-6-14(17(20)15(19)7-13)18(26)22-23-32(29,30)10-12-4-3-5-25(8-12)31(2,27)28/h6-7,9,11-12,23H,3-5,8,10H2,1-2H3,(H,22,26). The van der Waals surface area contributed by atoms with Crippen LogP contribution in [0.15, 0.2) is 24.7 Å². The molecule has 1 aliphatic heterocycles. The maximum absolute atomic E-state index is 14.4. The van der Waals surface area contributed by atoms with E-state index in [1.54, 1.807) is 17.8 Å². The lowest BCUT2D eigenvalue weighted by Crippen LogP contribution is -2.47. The highest BCUT2D eigenvalue weighted by molar-refractivity contribution is 7.89. The van der Waals surface area contributed by atoms with Gasteiger partial charge < -0.3 is 4.57 Å². The summed E-state index contributed by atoms with van der Waals surface area (Å²) in [5, 5.41) is -0.316. The molecule has 14 heteroatoms. The van der Waals surface area contributed by atoms with Gasteiger partial charge in [0, 0.05) is 31.9 Å². The number of nitrogens with zero attached hydrogens (tertiary/aromatic N) is 3. The average molecular weight is 508 g/mol. The molecule has 0 saturated carbocycles. The molecule has 1 unspecified atom stereocenters. The van der Waals surface area contributed by atoms with E-state index in [-0.39, 0.29) is 11.6 Å². The Bertz CT molecular complexity index is 1230. The number of aromatic nitrogens is 2. The summed E-state index contributed by atoms with van der Waals surface area (Å²) in [6, 6.07) is 2.54. The van der Waals surface area contributed by atoms with E-state index in [1.165, 1.54) is 22.8 Å². The van der Waals surface area contributed by atoms with Crippen LogP contribution in [0.3, 0.4) is 0 Å². The molecule has 0 spiro atoms. The van der Waals surface area contributed by atoms with Gasteiger partial charge in [-0.1, -0.05) is 11.6 Å². The summed E-state index contributed by atoms with van der Waals surface area (Å²) in [5.74, 6) is -2.87. The number of piperidine rings is 1. The first-order valence-corrected chi connectivity index (χ1v) is 13.5. The summed E-state index contributed by atoms with van der Waals surface area (Å²) in [6.45, 7) is 0.413. The van der Waals surface area contributed by atoms with Crippen LogP contribution in [-0.2, 0) is 27.1 Å². The van der Waals surface area contributed by atoms with Gasteiger partial charge in [0.05, 0.1) is 34.6 Å². The number of sulfonamides is 2. The Morgan fingerprint density at radius 1 is 1.31 bits per heavy atom. The summed E-state index contributed by atoms with van der Waals surface area (Å²) in [4.78, 5) is 18.5. The molecule has 2 heterocycles. The summed E-state index contributed by atoms with van der Waals surface area (Å²) >= 11 is 5.91. The topological polar surface area (TPSA) is 130 Å². The Morgan fingerprint density at radius 2 is 2.03 bits per heavy atom. The van der Waals surface area contributed by atoms with Crippen molar-refractivity contribution >= 4 is 37.6 Å². The lowest BCUT2D eigenvalue weighted by atomic mass is 10.0. The second kappa shape index (κ2) is 9.43. The molecular formula is C18H23ClFN5O5S2. The van der Waals surface area contributed by atoms with E-state index >= 15 is 0 Å². The van der Waals surface area contributed by atoms with Gasteiger partial charge in [0.25, 0.3) is 5.91 Å². The Hall–Kier alpha value is -2.06. The van der Waals surface area contributed by atoms with E-state index in [0.717, 1.165) is 6.26 Å². The van der Waals surface area contributed by atoms with E-state index in [4.69, 9.17) is 11.6 Å². The van der Waals surface area contributed by atoms with E-state index in [2.05, 4.69) is 4.98 Å². The molecule has 1 aliphatic rings. The van der Waals surface area contributed by atoms with E-state index < -0.39 is 49.0 Å². The number of hydrogen-bond donors (Lipinski definition) is 2. The Kier molecular flexibility index (Phi) is 7.25. The second-order valence-electron chi connectivity index (χ2n) is 7.71. The van der Waals surface area contributed by atoms with Crippen molar-refractivity contribution in [3.05, 3.63) is 41.1 Å². The lowest BCUT2D eigenvalue weighted by molar-refractivity contribution is 0.0941. The molecular weight excluding hydrogens is 485 g/mol. The number of amides is 1. The van der Waals surface area contributed by atoms with Crippen LogP contribution in [0, 0.1) is 11.7 Å². The molecule has 0 aliphatic carbocycles. The molecule has 0 radical (unpaired) electrons. The molecule has 2 aromatic rings. The average Bonchev–Trinajstić information content (AvgIpc) is 3.14. The lowest BCUT2D eigenvalue weighted by Gasteiger charge is -2.30. The number of hydrogen-bond acceptors (Lipinski definition) is 6. The zero-order chi connectivity index (χ0) is 23.7. The van der Waals surface area contributed by atoms with Gasteiger partial charge in [-0.15, -0.1) is 4.83 Å². The van der Waals surface area contributed by atoms with Crippen LogP contribution in [0.1, 0.15) is 23.2 Å². The normalized spacial score (nSPS) is 17.9. The quantitative estimate of drug-likeness (QED) is 0.540. The first-order chi connectivity index (χ1) is 14.9. The minimum atomic E-state index is -4.01. The first-order valence-electron chi connectivity index (χ1n) is 9.58. The fraction of sp³-hybridized carbons (Fsp3) is 0.444. The van der Waals surface area contributed by atoms with Gasteiger partial charge in [0.1, 0.15) is 0 Å². The molecule has 1 amide bonds. The Balaban J connectivity index is 1.69. The maximum Gasteiger partial charge on any atom is 0.269 e. The maximum atomic E-state index is 14.4. The van der Waals surface area contributed by atoms with E-state index in [1.807, 2.05) is 10.3 Å². The molecule has 1 fully saturated rings. The second-order valence-corrected chi connectivity index (χ2v) is 11.9. The molecule has 1 aromatic carbocycles. The van der Waals surface area contributed by atoms with Crippen molar-refractivity contribution in [2.24, 2.45) is 13.0 Å². The van der Waals surface area contributed by atoms with Crippen molar-refractivity contribution in [2.45, 2.75) is 12.8 Å². The number of rotatable bonds is 7. The van der Waals surface area contributed by atoms with Crippen molar-refractivity contribution < 1.29 is 26.0 Å². The highest BCUT2D eigenvalue weighted by atomic mass is 35.5. The van der Waals surface area contributed by atoms with Crippen LogP contribution < -0.4 is 10.3 Å². The highest BCUT2D eigenvalue weighted by Crippen LogP contribution is 2.27. The van der Waals surface area contributed by atoms with Gasteiger partial charge in [0.15, 0.2) is 5.82 Å². The number of halogens is 2. The Labute approximate surface area is 190 Å². The monoisotopic (exact) mass is 507 g/mol. The van der Waals surface area contributed by atoms with Crippen LogP contribution >= 0.6 is 11.6 Å². The zero-order valence-corrected chi connectivity index (χ0v) is 19.8. The van der Waals surface area contributed by atoms with Crippen LogP contribution in [0.25, 0.3) is 11.3 Å². The third-order valence-electron chi connectivity index (χ3n) is 5.00. The first kappa shape index (κ1) is 24.6. The third kappa shape index (κ3) is 6.04. The predicted molar refractivity (Wildman–Crippen MR) is 117 cm³/mol. The van der Waals surface area contributed by atoms with Gasteiger partial charge in [-0.05, 0) is 30.9 Å². The summed E-state index contributed by atoms with van der Waals surface area (Å²) in [5.41, 5.74) is 2.37. The fourth-order valence-electron chi connectivity index (χ4n) is 3.47. The molecule has 0 bridgehead atoms. The van der Waals surface area contributed by atoms with Crippen molar-refractivity contribution in [2.75, 3.05) is 25.1 Å². The molecule has 2 N–H and O–H groups in total. The van der Waals surface area contributed by atoms with Crippen molar-refractivity contribution in [3.8, 4) is 11.3 Å². The minimum absolute atomic E-state index is 0.0735. The number of imidazole rings is 1. The molecule has 1 saturated heterocycles. The van der Waals surface area contributed by atoms with Crippen molar-refractivity contribution in [1.82, 2.24) is 24.1 Å². The summed E-state index contributed by atoms with van der Waals surface area (Å²) in [7, 11) is -5.69. The van der Waals surface area contributed by atoms with Crippen LogP contribution in [0.4, 0.5) is 4.39 Å². The van der Waals surface area contributed by atoms with Gasteiger partial charge >= 0.3 is 0 Å². The number of aryl methyl sites for hydroxylation is 1. The summed E-state index contributed by atoms with van der Waals surface area (Å²) < 4.78 is 65.6. The number of benzene rings is 1. The minimum Gasteiger partial charge on any atom is -0.340 e. The smallest absolute Gasteiger partial charge is 0.269 e. The van der Waals surface area contributed by atoms with E-state index in [0.29, 0.717) is 30.6 Å². The number of nitrogens with one attached hydrogen (secondary N) is 2. The van der Waals surface area contributed by atoms with Crippen molar-refractivity contribution in [3.63, 3.8) is 0 Å². The molecule has 10 nitrogen and oxygen atoms in total. The third-order valence-corrected chi connectivity index (χ3v) is 7.87. The molecule has 3 rings (SSSR count). The van der Waals surface area contributed by atoms with E-state index in [9.17, 15) is 26.0 Å². The number of carbonyl (C=O) groups is 1. The Morgan fingerprint density at radius 3 is 2.66 bits per heavy atom. The predicted octanol–water partition coefficient (Wildman–Crippen LogP) is 1.12. The van der Waals surface area contributed by atoms with Gasteiger partial charge in [0.2, 0.25) is 20.0 Å². The molecule has 32 heavy (non-hydrogen) atoms. The molecule has 1 aromatic heterocycles. The zero-order valence-electron chi connectivity index (χ0n) is 17.4. The van der Waals surface area contributed by atoms with Crippen LogP contribution in [0.5, 0.6) is 0 Å². The van der Waals surface area contributed by atoms with Crippen LogP contribution in [-0.4, -0.2) is 61.7 Å². The van der Waals surface area contributed by atoms with Gasteiger partial charge in [-0.2, -0.15) is 0 Å². The largest absolute Gasteiger partial charge is 0.340 e. The fourth-order valence-corrected chi connectivity index (χ4v) is 5.86. The SMILES string of the molecule is Cn1cnc(-c2cc(Cl)c(F)c(C(=O)NNS(=O)(=O)CC3CCCN(S(C)(=O)=O)C3)c2)c1.